The maximum atomic E-state index is 12.8. The van der Waals surface area contributed by atoms with Gasteiger partial charge in [0.05, 0.1) is 34.2 Å². The van der Waals surface area contributed by atoms with Crippen molar-refractivity contribution >= 4 is 20.2 Å². The van der Waals surface area contributed by atoms with Gasteiger partial charge in [0.15, 0.2) is 0 Å². The van der Waals surface area contributed by atoms with Crippen LogP contribution in [0.3, 0.4) is 0 Å². The Kier molecular flexibility index (Phi) is 9.89. The fourth-order valence-corrected chi connectivity index (χ4v) is 5.04. The Morgan fingerprint density at radius 1 is 0.583 bits per heavy atom. The summed E-state index contributed by atoms with van der Waals surface area (Å²) in [5, 5.41) is 0. The van der Waals surface area contributed by atoms with E-state index in [9.17, 15) is 16.8 Å². The van der Waals surface area contributed by atoms with E-state index < -0.39 is 56.9 Å². The molecule has 2 atom stereocenters. The summed E-state index contributed by atoms with van der Waals surface area (Å²) < 4.78 is 74.1. The van der Waals surface area contributed by atoms with Crippen molar-refractivity contribution in [2.24, 2.45) is 0 Å². The van der Waals surface area contributed by atoms with E-state index in [0.29, 0.717) is 0 Å². The molecular formula is C26H38O8S2. The molecule has 0 amide bonds. The van der Waals surface area contributed by atoms with Gasteiger partial charge in [0.2, 0.25) is 0 Å². The van der Waals surface area contributed by atoms with Gasteiger partial charge < -0.3 is 9.47 Å². The first-order chi connectivity index (χ1) is 16.4. The van der Waals surface area contributed by atoms with E-state index in [1.165, 1.54) is 24.3 Å². The van der Waals surface area contributed by atoms with Crippen LogP contribution >= 0.6 is 0 Å². The van der Waals surface area contributed by atoms with Crippen molar-refractivity contribution in [2.45, 2.75) is 88.6 Å². The highest BCUT2D eigenvalue weighted by molar-refractivity contribution is 7.87. The number of hydrogen-bond acceptors (Lipinski definition) is 8. The molecule has 2 rings (SSSR count). The second-order valence-corrected chi connectivity index (χ2v) is 13.9. The maximum absolute atomic E-state index is 12.8. The molecule has 0 spiro atoms. The molecule has 0 saturated heterocycles. The van der Waals surface area contributed by atoms with Crippen LogP contribution < -0.4 is 0 Å². The minimum atomic E-state index is -4.09. The highest BCUT2D eigenvalue weighted by atomic mass is 32.2. The zero-order valence-corrected chi connectivity index (χ0v) is 23.9. The number of hydrogen-bond donors (Lipinski definition) is 0. The van der Waals surface area contributed by atoms with E-state index >= 15 is 0 Å². The number of aryl methyl sites for hydroxylation is 2. The SMILES string of the molecule is Cc1ccc(S(=O)(=O)OC[C@H](OC(C)(C)C)[C@H](COS(=O)(=O)c2ccc(C)cc2)OC(C)(C)C)cc1. The molecule has 202 valence electrons. The zero-order chi connectivity index (χ0) is 27.4. The van der Waals surface area contributed by atoms with Crippen molar-refractivity contribution in [1.29, 1.82) is 0 Å². The summed E-state index contributed by atoms with van der Waals surface area (Å²) in [5.74, 6) is 0. The summed E-state index contributed by atoms with van der Waals surface area (Å²) in [7, 11) is -8.18. The van der Waals surface area contributed by atoms with Crippen LogP contribution in [-0.4, -0.2) is 53.5 Å². The maximum Gasteiger partial charge on any atom is 0.297 e. The van der Waals surface area contributed by atoms with Crippen LogP contribution in [0.25, 0.3) is 0 Å². The van der Waals surface area contributed by atoms with Gasteiger partial charge in [-0.05, 0) is 79.7 Å². The predicted molar refractivity (Wildman–Crippen MR) is 138 cm³/mol. The summed E-state index contributed by atoms with van der Waals surface area (Å²) in [4.78, 5) is 0.0168. The third kappa shape index (κ3) is 9.91. The molecule has 0 aromatic heterocycles. The van der Waals surface area contributed by atoms with E-state index in [1.807, 2.05) is 13.8 Å². The fraction of sp³-hybridized carbons (Fsp3) is 0.538. The summed E-state index contributed by atoms with van der Waals surface area (Å²) in [6.45, 7) is 13.7. The molecule has 0 bridgehead atoms. The van der Waals surface area contributed by atoms with Crippen molar-refractivity contribution in [1.82, 2.24) is 0 Å². The Labute approximate surface area is 216 Å². The smallest absolute Gasteiger partial charge is 0.297 e. The van der Waals surface area contributed by atoms with Crippen LogP contribution in [0.15, 0.2) is 58.3 Å². The standard InChI is InChI=1S/C26H38O8S2/c1-19-9-13-21(14-10-19)35(27,28)31-17-23(33-25(3,4)5)24(34-26(6,7)8)18-32-36(29,30)22-15-11-20(2)12-16-22/h9-16,23-24H,17-18H2,1-8H3/t23-,24-/m0/s1. The molecule has 0 unspecified atom stereocenters. The van der Waals surface area contributed by atoms with Crippen molar-refractivity contribution < 1.29 is 34.7 Å². The van der Waals surface area contributed by atoms with E-state index in [4.69, 9.17) is 17.8 Å². The van der Waals surface area contributed by atoms with Gasteiger partial charge >= 0.3 is 0 Å². The second kappa shape index (κ2) is 11.7. The Morgan fingerprint density at radius 3 is 1.11 bits per heavy atom. The van der Waals surface area contributed by atoms with Crippen LogP contribution in [0.4, 0.5) is 0 Å². The summed E-state index contributed by atoms with van der Waals surface area (Å²) in [5.41, 5.74) is 0.399. The van der Waals surface area contributed by atoms with Gasteiger partial charge in [-0.25, -0.2) is 0 Å². The van der Waals surface area contributed by atoms with Crippen LogP contribution in [0.5, 0.6) is 0 Å². The van der Waals surface area contributed by atoms with Crippen molar-refractivity contribution in [3.63, 3.8) is 0 Å². The molecule has 8 nitrogen and oxygen atoms in total. The molecule has 0 fully saturated rings. The van der Waals surface area contributed by atoms with E-state index in [1.54, 1.807) is 65.8 Å². The molecule has 0 saturated carbocycles. The highest BCUT2D eigenvalue weighted by Gasteiger charge is 2.34. The first-order valence-electron chi connectivity index (χ1n) is 11.7. The lowest BCUT2D eigenvalue weighted by Crippen LogP contribution is -2.46. The Hall–Kier alpha value is -1.82. The molecule has 0 aliphatic heterocycles. The van der Waals surface area contributed by atoms with Gasteiger partial charge in [-0.15, -0.1) is 0 Å². The lowest BCUT2D eigenvalue weighted by atomic mass is 10.1. The summed E-state index contributed by atoms with van der Waals surface area (Å²) in [6, 6.07) is 12.6. The molecular weight excluding hydrogens is 504 g/mol. The normalized spacial score (nSPS) is 15.0. The Morgan fingerprint density at radius 2 is 0.861 bits per heavy atom. The molecule has 10 heteroatoms. The van der Waals surface area contributed by atoms with Crippen molar-refractivity contribution in [2.75, 3.05) is 13.2 Å². The molecule has 0 aliphatic rings. The highest BCUT2D eigenvalue weighted by Crippen LogP contribution is 2.24. The van der Waals surface area contributed by atoms with Crippen molar-refractivity contribution in [3.8, 4) is 0 Å². The minimum absolute atomic E-state index is 0.00842. The van der Waals surface area contributed by atoms with Gasteiger partial charge in [-0.3, -0.25) is 8.37 Å². The Balaban J connectivity index is 2.30. The number of ether oxygens (including phenoxy) is 2. The first kappa shape index (κ1) is 30.4. The van der Waals surface area contributed by atoms with Crippen LogP contribution in [0.1, 0.15) is 52.7 Å². The topological polar surface area (TPSA) is 105 Å². The van der Waals surface area contributed by atoms with Crippen molar-refractivity contribution in [3.05, 3.63) is 59.7 Å². The Bertz CT molecular complexity index is 1090. The summed E-state index contributed by atoms with van der Waals surface area (Å²) >= 11 is 0. The average Bonchev–Trinajstić information content (AvgIpc) is 2.73. The van der Waals surface area contributed by atoms with Gasteiger partial charge in [0, 0.05) is 0 Å². The second-order valence-electron chi connectivity index (χ2n) is 10.6. The van der Waals surface area contributed by atoms with Crippen LogP contribution in [0, 0.1) is 13.8 Å². The monoisotopic (exact) mass is 542 g/mol. The summed E-state index contributed by atoms with van der Waals surface area (Å²) in [6.07, 6.45) is -1.92. The first-order valence-corrected chi connectivity index (χ1v) is 14.5. The minimum Gasteiger partial charge on any atom is -0.367 e. The van der Waals surface area contributed by atoms with Gasteiger partial charge in [-0.2, -0.15) is 16.8 Å². The molecule has 0 aliphatic carbocycles. The molecule has 36 heavy (non-hydrogen) atoms. The van der Waals surface area contributed by atoms with E-state index in [2.05, 4.69) is 0 Å². The van der Waals surface area contributed by atoms with E-state index in [0.717, 1.165) is 11.1 Å². The molecule has 2 aromatic rings. The molecule has 0 heterocycles. The van der Waals surface area contributed by atoms with E-state index in [-0.39, 0.29) is 9.79 Å². The average molecular weight is 543 g/mol. The molecule has 2 aromatic carbocycles. The lowest BCUT2D eigenvalue weighted by Gasteiger charge is -2.36. The molecule has 0 N–H and O–H groups in total. The third-order valence-corrected chi connectivity index (χ3v) is 7.41. The third-order valence-electron chi connectivity index (χ3n) is 4.82. The zero-order valence-electron chi connectivity index (χ0n) is 22.3. The largest absolute Gasteiger partial charge is 0.367 e. The quantitative estimate of drug-likeness (QED) is 0.374. The molecule has 0 radical (unpaired) electrons. The van der Waals surface area contributed by atoms with Crippen LogP contribution in [0.2, 0.25) is 0 Å². The van der Waals surface area contributed by atoms with Gasteiger partial charge in [0.25, 0.3) is 20.2 Å². The van der Waals surface area contributed by atoms with Gasteiger partial charge in [-0.1, -0.05) is 35.4 Å². The number of rotatable bonds is 11. The lowest BCUT2D eigenvalue weighted by molar-refractivity contribution is -0.178. The predicted octanol–water partition coefficient (Wildman–Crippen LogP) is 4.78. The van der Waals surface area contributed by atoms with Gasteiger partial charge in [0.1, 0.15) is 12.2 Å². The number of benzene rings is 2. The van der Waals surface area contributed by atoms with Crippen LogP contribution in [-0.2, 0) is 38.1 Å². The fourth-order valence-electron chi connectivity index (χ4n) is 3.20.